The maximum Gasteiger partial charge on any atom is 0.177 e. The first-order chi connectivity index (χ1) is 6.77. The molecule has 0 spiro atoms. The Bertz CT molecular complexity index is 617. The van der Waals surface area contributed by atoms with Crippen molar-refractivity contribution < 1.29 is 0 Å². The molecule has 4 heteroatoms. The standard InChI is InChI=1S/C10H10N4/c1-7-6-8-10(14(7)11)12-9-4-2-3-5-13(8)9/h2-6H,11H2,1H3. The third-order valence-electron chi connectivity index (χ3n) is 2.50. The molecule has 0 saturated carbocycles. The van der Waals surface area contributed by atoms with Crippen LogP contribution in [0.4, 0.5) is 0 Å². The van der Waals surface area contributed by atoms with Gasteiger partial charge in [-0.15, -0.1) is 0 Å². The predicted molar refractivity (Wildman–Crippen MR) is 55.6 cm³/mol. The highest BCUT2D eigenvalue weighted by Crippen LogP contribution is 2.18. The fraction of sp³-hybridized carbons (Fsp3) is 0.100. The van der Waals surface area contributed by atoms with Gasteiger partial charge in [0.2, 0.25) is 0 Å². The van der Waals surface area contributed by atoms with Crippen molar-refractivity contribution in [1.29, 1.82) is 0 Å². The van der Waals surface area contributed by atoms with Gasteiger partial charge in [-0.05, 0) is 25.1 Å². The summed E-state index contributed by atoms with van der Waals surface area (Å²) in [4.78, 5) is 4.44. The van der Waals surface area contributed by atoms with Crippen molar-refractivity contribution >= 4 is 16.8 Å². The van der Waals surface area contributed by atoms with Crippen molar-refractivity contribution in [2.75, 3.05) is 5.84 Å². The molecule has 70 valence electrons. The van der Waals surface area contributed by atoms with E-state index in [1.165, 1.54) is 0 Å². The van der Waals surface area contributed by atoms with Crippen LogP contribution in [-0.2, 0) is 0 Å². The lowest BCUT2D eigenvalue weighted by Crippen LogP contribution is -2.09. The van der Waals surface area contributed by atoms with E-state index >= 15 is 0 Å². The van der Waals surface area contributed by atoms with E-state index in [-0.39, 0.29) is 0 Å². The summed E-state index contributed by atoms with van der Waals surface area (Å²) in [5.74, 6) is 5.84. The molecule has 0 unspecified atom stereocenters. The average molecular weight is 186 g/mol. The number of aromatic nitrogens is 3. The SMILES string of the molecule is Cc1cc2c(nc3ccccn32)n1N. The Morgan fingerprint density at radius 2 is 2.21 bits per heavy atom. The smallest absolute Gasteiger partial charge is 0.177 e. The number of hydrogen-bond donors (Lipinski definition) is 1. The lowest BCUT2D eigenvalue weighted by Gasteiger charge is -1.93. The third kappa shape index (κ3) is 0.750. The Morgan fingerprint density at radius 1 is 1.36 bits per heavy atom. The Hall–Kier alpha value is -1.97. The Morgan fingerprint density at radius 3 is 3.07 bits per heavy atom. The molecule has 0 atom stereocenters. The van der Waals surface area contributed by atoms with Gasteiger partial charge in [-0.25, -0.2) is 9.66 Å². The average Bonchev–Trinajstić information content (AvgIpc) is 2.67. The molecule has 0 aliphatic rings. The van der Waals surface area contributed by atoms with E-state index in [0.29, 0.717) is 0 Å². The van der Waals surface area contributed by atoms with Crippen LogP contribution in [0.5, 0.6) is 0 Å². The van der Waals surface area contributed by atoms with Crippen LogP contribution < -0.4 is 5.84 Å². The summed E-state index contributed by atoms with van der Waals surface area (Å²) >= 11 is 0. The van der Waals surface area contributed by atoms with E-state index < -0.39 is 0 Å². The molecule has 3 aromatic heterocycles. The zero-order valence-electron chi connectivity index (χ0n) is 7.81. The van der Waals surface area contributed by atoms with Crippen molar-refractivity contribution in [3.63, 3.8) is 0 Å². The van der Waals surface area contributed by atoms with Crippen LogP contribution in [0.2, 0.25) is 0 Å². The first-order valence-corrected chi connectivity index (χ1v) is 4.47. The highest BCUT2D eigenvalue weighted by atomic mass is 15.3. The van der Waals surface area contributed by atoms with Crippen LogP contribution in [-0.4, -0.2) is 14.1 Å². The first kappa shape index (κ1) is 7.44. The molecule has 0 radical (unpaired) electrons. The highest BCUT2D eigenvalue weighted by molar-refractivity contribution is 5.79. The Kier molecular flexibility index (Phi) is 1.21. The van der Waals surface area contributed by atoms with Crippen molar-refractivity contribution in [2.24, 2.45) is 0 Å². The summed E-state index contributed by atoms with van der Waals surface area (Å²) in [6.07, 6.45) is 1.99. The molecular weight excluding hydrogens is 176 g/mol. The van der Waals surface area contributed by atoms with Crippen LogP contribution in [0.15, 0.2) is 30.5 Å². The molecule has 0 aliphatic carbocycles. The zero-order valence-corrected chi connectivity index (χ0v) is 7.81. The monoisotopic (exact) mass is 186 g/mol. The second-order valence-corrected chi connectivity index (χ2v) is 3.41. The molecule has 3 rings (SSSR count). The largest absolute Gasteiger partial charge is 0.337 e. The molecular formula is C10H10N4. The molecule has 4 nitrogen and oxygen atoms in total. The highest BCUT2D eigenvalue weighted by Gasteiger charge is 2.09. The number of rotatable bonds is 0. The van der Waals surface area contributed by atoms with Gasteiger partial charge in [-0.3, -0.25) is 4.40 Å². The van der Waals surface area contributed by atoms with Gasteiger partial charge < -0.3 is 5.84 Å². The van der Waals surface area contributed by atoms with E-state index in [1.54, 1.807) is 4.68 Å². The maximum atomic E-state index is 5.84. The number of nitrogens with zero attached hydrogens (tertiary/aromatic N) is 3. The number of fused-ring (bicyclic) bond motifs is 3. The second-order valence-electron chi connectivity index (χ2n) is 3.41. The third-order valence-corrected chi connectivity index (χ3v) is 2.50. The molecule has 14 heavy (non-hydrogen) atoms. The predicted octanol–water partition coefficient (Wildman–Crippen LogP) is 1.31. The lowest BCUT2D eigenvalue weighted by atomic mass is 10.4. The summed E-state index contributed by atoms with van der Waals surface area (Å²) in [6, 6.07) is 7.96. The van der Waals surface area contributed by atoms with Gasteiger partial charge in [0.15, 0.2) is 5.65 Å². The quantitative estimate of drug-likeness (QED) is 0.538. The van der Waals surface area contributed by atoms with Crippen molar-refractivity contribution in [2.45, 2.75) is 6.92 Å². The van der Waals surface area contributed by atoms with Crippen LogP contribution in [0.1, 0.15) is 5.69 Å². The van der Waals surface area contributed by atoms with Gasteiger partial charge in [0.1, 0.15) is 5.65 Å². The van der Waals surface area contributed by atoms with E-state index in [0.717, 1.165) is 22.5 Å². The minimum atomic E-state index is 0.828. The topological polar surface area (TPSA) is 48.2 Å². The number of aryl methyl sites for hydroxylation is 1. The maximum absolute atomic E-state index is 5.84. The van der Waals surface area contributed by atoms with Gasteiger partial charge in [-0.2, -0.15) is 0 Å². The molecule has 2 N–H and O–H groups in total. The van der Waals surface area contributed by atoms with E-state index in [9.17, 15) is 0 Å². The number of nitrogens with two attached hydrogens (primary N) is 1. The number of nitrogen functional groups attached to an aromatic ring is 1. The molecule has 0 saturated heterocycles. The number of hydrogen-bond acceptors (Lipinski definition) is 2. The fourth-order valence-electron chi connectivity index (χ4n) is 1.75. The van der Waals surface area contributed by atoms with Crippen LogP contribution in [0.3, 0.4) is 0 Å². The van der Waals surface area contributed by atoms with E-state index in [1.807, 2.05) is 41.8 Å². The minimum Gasteiger partial charge on any atom is -0.337 e. The van der Waals surface area contributed by atoms with Gasteiger partial charge in [0.05, 0.1) is 5.52 Å². The molecule has 3 aromatic rings. The first-order valence-electron chi connectivity index (χ1n) is 4.47. The summed E-state index contributed by atoms with van der Waals surface area (Å²) in [5.41, 5.74) is 3.83. The van der Waals surface area contributed by atoms with Crippen LogP contribution >= 0.6 is 0 Å². The lowest BCUT2D eigenvalue weighted by molar-refractivity contribution is 0.983. The minimum absolute atomic E-state index is 0.828. The van der Waals surface area contributed by atoms with Crippen LogP contribution in [0.25, 0.3) is 16.8 Å². The molecule has 0 fully saturated rings. The van der Waals surface area contributed by atoms with Crippen molar-refractivity contribution in [3.05, 3.63) is 36.2 Å². The van der Waals surface area contributed by atoms with Gasteiger partial charge in [0, 0.05) is 11.9 Å². The Labute approximate surface area is 80.5 Å². The van der Waals surface area contributed by atoms with Gasteiger partial charge >= 0.3 is 0 Å². The molecule has 0 bridgehead atoms. The van der Waals surface area contributed by atoms with Gasteiger partial charge in [-0.1, -0.05) is 6.07 Å². The fourth-order valence-corrected chi connectivity index (χ4v) is 1.75. The second kappa shape index (κ2) is 2.29. The zero-order chi connectivity index (χ0) is 9.71. The molecule has 0 aromatic carbocycles. The summed E-state index contributed by atoms with van der Waals surface area (Å²) in [7, 11) is 0. The summed E-state index contributed by atoms with van der Waals surface area (Å²) in [5, 5.41) is 0. The molecule has 0 aliphatic heterocycles. The summed E-state index contributed by atoms with van der Waals surface area (Å²) < 4.78 is 3.65. The van der Waals surface area contributed by atoms with Crippen LogP contribution in [0, 0.1) is 6.92 Å². The Balaban J connectivity index is 2.60. The molecule has 0 amide bonds. The number of pyridine rings is 1. The summed E-state index contributed by atoms with van der Waals surface area (Å²) in [6.45, 7) is 1.97. The van der Waals surface area contributed by atoms with Gasteiger partial charge in [0.25, 0.3) is 0 Å². The van der Waals surface area contributed by atoms with E-state index in [2.05, 4.69) is 4.98 Å². The normalized spacial score (nSPS) is 11.5. The van der Waals surface area contributed by atoms with Crippen molar-refractivity contribution in [1.82, 2.24) is 14.1 Å². The molecule has 3 heterocycles. The van der Waals surface area contributed by atoms with E-state index in [4.69, 9.17) is 5.84 Å². The number of imidazole rings is 1. The van der Waals surface area contributed by atoms with Crippen molar-refractivity contribution in [3.8, 4) is 0 Å².